The van der Waals surface area contributed by atoms with E-state index in [9.17, 15) is 4.79 Å². The molecule has 0 bridgehead atoms. The molecular weight excluding hydrogens is 276 g/mol. The second-order valence-electron chi connectivity index (χ2n) is 6.06. The maximum Gasteiger partial charge on any atom is 0.256 e. The Balaban J connectivity index is 2.16. The van der Waals surface area contributed by atoms with Crippen LogP contribution in [0.25, 0.3) is 0 Å². The number of pyridine rings is 1. The zero-order chi connectivity index (χ0) is 16.2. The van der Waals surface area contributed by atoms with Crippen molar-refractivity contribution in [1.29, 1.82) is 0 Å². The maximum atomic E-state index is 12.3. The summed E-state index contributed by atoms with van der Waals surface area (Å²) < 4.78 is 5.46. The fourth-order valence-corrected chi connectivity index (χ4v) is 2.06. The first-order valence-corrected chi connectivity index (χ1v) is 7.41. The molecule has 2 rings (SSSR count). The van der Waals surface area contributed by atoms with Crippen LogP contribution in [0.4, 0.5) is 5.82 Å². The van der Waals surface area contributed by atoms with Gasteiger partial charge in [0, 0.05) is 11.8 Å². The van der Waals surface area contributed by atoms with E-state index in [2.05, 4.69) is 31.1 Å². The summed E-state index contributed by atoms with van der Waals surface area (Å²) in [6, 6.07) is 11.2. The maximum absolute atomic E-state index is 12.3. The van der Waals surface area contributed by atoms with Gasteiger partial charge in [-0.25, -0.2) is 4.98 Å². The van der Waals surface area contributed by atoms with E-state index in [1.165, 1.54) is 5.56 Å². The molecule has 2 aromatic rings. The summed E-state index contributed by atoms with van der Waals surface area (Å²) in [5.41, 5.74) is 1.86. The molecule has 22 heavy (non-hydrogen) atoms. The summed E-state index contributed by atoms with van der Waals surface area (Å²) in [5.74, 6) is 0.819. The molecule has 1 aromatic carbocycles. The van der Waals surface area contributed by atoms with E-state index in [0.29, 0.717) is 23.7 Å². The van der Waals surface area contributed by atoms with Crippen LogP contribution in [0.5, 0.6) is 5.75 Å². The van der Waals surface area contributed by atoms with Crippen molar-refractivity contribution < 1.29 is 9.53 Å². The van der Waals surface area contributed by atoms with Gasteiger partial charge in [0.2, 0.25) is 0 Å². The molecule has 0 aliphatic rings. The summed E-state index contributed by atoms with van der Waals surface area (Å²) in [6.45, 7) is 8.84. The number of amides is 1. The highest BCUT2D eigenvalue weighted by Gasteiger charge is 2.15. The lowest BCUT2D eigenvalue weighted by molar-refractivity contribution is 0.102. The smallest absolute Gasteiger partial charge is 0.256 e. The van der Waals surface area contributed by atoms with Crippen LogP contribution in [0.3, 0.4) is 0 Å². The van der Waals surface area contributed by atoms with Crippen molar-refractivity contribution in [2.24, 2.45) is 0 Å². The number of hydrogen-bond donors (Lipinski definition) is 1. The lowest BCUT2D eigenvalue weighted by atomic mass is 9.87. The minimum absolute atomic E-state index is 0.0676. The molecule has 1 heterocycles. The van der Waals surface area contributed by atoms with Crippen molar-refractivity contribution in [3.05, 3.63) is 53.7 Å². The van der Waals surface area contributed by atoms with Gasteiger partial charge in [0.15, 0.2) is 11.6 Å². The molecule has 4 nitrogen and oxygen atoms in total. The second-order valence-corrected chi connectivity index (χ2v) is 6.06. The Labute approximate surface area is 131 Å². The fraction of sp³-hybridized carbons (Fsp3) is 0.333. The topological polar surface area (TPSA) is 51.2 Å². The SMILES string of the molecule is CCOc1cccnc1NC(=O)c1ccc(C(C)(C)C)cc1. The summed E-state index contributed by atoms with van der Waals surface area (Å²) in [6.07, 6.45) is 1.63. The predicted octanol–water partition coefficient (Wildman–Crippen LogP) is 4.03. The number of benzene rings is 1. The number of carbonyl (C=O) groups is 1. The quantitative estimate of drug-likeness (QED) is 0.927. The standard InChI is InChI=1S/C18H22N2O2/c1-5-22-15-7-6-12-19-16(15)20-17(21)13-8-10-14(11-9-13)18(2,3)4/h6-12H,5H2,1-4H3,(H,19,20,21). The number of carbonyl (C=O) groups excluding carboxylic acids is 1. The monoisotopic (exact) mass is 298 g/mol. The molecule has 0 fully saturated rings. The van der Waals surface area contributed by atoms with Gasteiger partial charge in [-0.05, 0) is 42.2 Å². The van der Waals surface area contributed by atoms with Gasteiger partial charge in [0.25, 0.3) is 5.91 Å². The zero-order valence-electron chi connectivity index (χ0n) is 13.5. The minimum atomic E-state index is -0.194. The second kappa shape index (κ2) is 6.60. The molecule has 0 saturated heterocycles. The largest absolute Gasteiger partial charge is 0.490 e. The van der Waals surface area contributed by atoms with Gasteiger partial charge in [-0.1, -0.05) is 32.9 Å². The number of hydrogen-bond acceptors (Lipinski definition) is 3. The lowest BCUT2D eigenvalue weighted by Crippen LogP contribution is -2.15. The van der Waals surface area contributed by atoms with Crippen molar-refractivity contribution in [3.63, 3.8) is 0 Å². The zero-order valence-corrected chi connectivity index (χ0v) is 13.5. The molecule has 1 amide bonds. The molecule has 4 heteroatoms. The molecular formula is C18H22N2O2. The van der Waals surface area contributed by atoms with Crippen molar-refractivity contribution in [2.75, 3.05) is 11.9 Å². The molecule has 0 spiro atoms. The van der Waals surface area contributed by atoms with Crippen LogP contribution in [0.1, 0.15) is 43.6 Å². The Hall–Kier alpha value is -2.36. The van der Waals surface area contributed by atoms with E-state index in [4.69, 9.17) is 4.74 Å². The van der Waals surface area contributed by atoms with E-state index >= 15 is 0 Å². The van der Waals surface area contributed by atoms with Crippen molar-refractivity contribution in [1.82, 2.24) is 4.98 Å². The molecule has 116 valence electrons. The Kier molecular flexibility index (Phi) is 4.81. The van der Waals surface area contributed by atoms with E-state index in [0.717, 1.165) is 0 Å². The van der Waals surface area contributed by atoms with E-state index in [-0.39, 0.29) is 11.3 Å². The molecule has 0 unspecified atom stereocenters. The average Bonchev–Trinajstić information content (AvgIpc) is 2.49. The third-order valence-electron chi connectivity index (χ3n) is 3.32. The van der Waals surface area contributed by atoms with Gasteiger partial charge in [0.1, 0.15) is 0 Å². The van der Waals surface area contributed by atoms with E-state index < -0.39 is 0 Å². The van der Waals surface area contributed by atoms with Gasteiger partial charge in [0.05, 0.1) is 6.61 Å². The number of rotatable bonds is 4. The van der Waals surface area contributed by atoms with Gasteiger partial charge in [-0.3, -0.25) is 4.79 Å². The van der Waals surface area contributed by atoms with Gasteiger partial charge >= 0.3 is 0 Å². The number of aromatic nitrogens is 1. The van der Waals surface area contributed by atoms with Crippen molar-refractivity contribution in [2.45, 2.75) is 33.1 Å². The average molecular weight is 298 g/mol. The van der Waals surface area contributed by atoms with Crippen LogP contribution in [-0.4, -0.2) is 17.5 Å². The summed E-state index contributed by atoms with van der Waals surface area (Å²) in [7, 11) is 0. The molecule has 1 N–H and O–H groups in total. The lowest BCUT2D eigenvalue weighted by Gasteiger charge is -2.19. The van der Waals surface area contributed by atoms with Crippen molar-refractivity contribution >= 4 is 11.7 Å². The fourth-order valence-electron chi connectivity index (χ4n) is 2.06. The highest BCUT2D eigenvalue weighted by molar-refractivity contribution is 6.04. The first kappa shape index (κ1) is 16.0. The summed E-state index contributed by atoms with van der Waals surface area (Å²) >= 11 is 0. The third-order valence-corrected chi connectivity index (χ3v) is 3.32. The van der Waals surface area contributed by atoms with Crippen LogP contribution in [0.15, 0.2) is 42.6 Å². The van der Waals surface area contributed by atoms with Gasteiger partial charge in [-0.15, -0.1) is 0 Å². The van der Waals surface area contributed by atoms with Crippen LogP contribution in [-0.2, 0) is 5.41 Å². The Morgan fingerprint density at radius 1 is 1.18 bits per heavy atom. The summed E-state index contributed by atoms with van der Waals surface area (Å²) in [4.78, 5) is 16.5. The molecule has 0 radical (unpaired) electrons. The van der Waals surface area contributed by atoms with Crippen LogP contribution in [0.2, 0.25) is 0 Å². The highest BCUT2D eigenvalue weighted by Crippen LogP contribution is 2.24. The highest BCUT2D eigenvalue weighted by atomic mass is 16.5. The summed E-state index contributed by atoms with van der Waals surface area (Å²) in [5, 5.41) is 2.79. The van der Waals surface area contributed by atoms with Gasteiger partial charge < -0.3 is 10.1 Å². The Morgan fingerprint density at radius 2 is 1.86 bits per heavy atom. The third kappa shape index (κ3) is 3.85. The molecule has 0 atom stereocenters. The molecule has 0 saturated carbocycles. The number of nitrogens with zero attached hydrogens (tertiary/aromatic N) is 1. The van der Waals surface area contributed by atoms with Gasteiger partial charge in [-0.2, -0.15) is 0 Å². The van der Waals surface area contributed by atoms with Crippen LogP contribution in [0, 0.1) is 0 Å². The Bertz CT molecular complexity index is 643. The van der Waals surface area contributed by atoms with Crippen molar-refractivity contribution in [3.8, 4) is 5.75 Å². The van der Waals surface area contributed by atoms with Crippen LogP contribution >= 0.6 is 0 Å². The first-order chi connectivity index (χ1) is 10.4. The van der Waals surface area contributed by atoms with E-state index in [1.54, 1.807) is 18.3 Å². The molecule has 0 aliphatic carbocycles. The molecule has 1 aromatic heterocycles. The molecule has 0 aliphatic heterocycles. The normalized spacial score (nSPS) is 11.1. The first-order valence-electron chi connectivity index (χ1n) is 7.41. The number of nitrogens with one attached hydrogen (secondary N) is 1. The van der Waals surface area contributed by atoms with E-state index in [1.807, 2.05) is 31.2 Å². The minimum Gasteiger partial charge on any atom is -0.490 e. The Morgan fingerprint density at radius 3 is 2.45 bits per heavy atom. The predicted molar refractivity (Wildman–Crippen MR) is 88.5 cm³/mol. The number of anilines is 1. The number of ether oxygens (including phenoxy) is 1. The van der Waals surface area contributed by atoms with Crippen LogP contribution < -0.4 is 10.1 Å².